The zero-order valence-corrected chi connectivity index (χ0v) is 48.5. The van der Waals surface area contributed by atoms with Gasteiger partial charge in [-0.1, -0.05) is 147 Å². The molecule has 8 nitrogen and oxygen atoms in total. The first kappa shape index (κ1) is 57.2. The average Bonchev–Trinajstić information content (AvgIpc) is 3.94. The Bertz CT molecular complexity index is 3390. The largest absolute Gasteiger partial charge is 0.355 e. The van der Waals surface area contributed by atoms with Gasteiger partial charge in [0.15, 0.2) is 0 Å². The van der Waals surface area contributed by atoms with Gasteiger partial charge in [0.25, 0.3) is 0 Å². The Balaban J connectivity index is 0.000000194. The van der Waals surface area contributed by atoms with Crippen molar-refractivity contribution in [2.45, 2.75) is 132 Å². The van der Waals surface area contributed by atoms with Crippen molar-refractivity contribution in [3.05, 3.63) is 208 Å². The van der Waals surface area contributed by atoms with E-state index in [-0.39, 0.29) is 33.2 Å². The van der Waals surface area contributed by atoms with Crippen LogP contribution in [0.4, 0.5) is 0 Å². The second kappa shape index (κ2) is 23.6. The van der Waals surface area contributed by atoms with Gasteiger partial charge in [-0.05, 0) is 157 Å². The molecule has 1 N–H and O–H groups in total. The number of ketones is 2. The van der Waals surface area contributed by atoms with Gasteiger partial charge >= 0.3 is 0 Å². The number of halogens is 1. The smallest absolute Gasteiger partial charge is 0.212 e. The van der Waals surface area contributed by atoms with Crippen molar-refractivity contribution in [3.8, 4) is 5.82 Å². The number of carbonyl (C=O) groups is 2. The van der Waals surface area contributed by atoms with Gasteiger partial charge in [0, 0.05) is 68.5 Å². The molecule has 0 aliphatic rings. The second-order valence-corrected chi connectivity index (χ2v) is 23.1. The minimum atomic E-state index is -0.128. The summed E-state index contributed by atoms with van der Waals surface area (Å²) in [5, 5.41) is 5.11. The van der Waals surface area contributed by atoms with E-state index in [1.165, 1.54) is 61.0 Å². The molecule has 0 spiro atoms. The monoisotopic (exact) mass is 1060 g/mol. The number of aromatic nitrogens is 6. The van der Waals surface area contributed by atoms with Gasteiger partial charge in [0.1, 0.15) is 21.8 Å². The minimum Gasteiger partial charge on any atom is -0.355 e. The van der Waals surface area contributed by atoms with Crippen LogP contribution in [0.1, 0.15) is 165 Å². The summed E-state index contributed by atoms with van der Waals surface area (Å²) >= 11 is 3.21. The maximum atomic E-state index is 12.8. The maximum absolute atomic E-state index is 12.8. The minimum absolute atomic E-state index is 0.0516. The second-order valence-electron chi connectivity index (χ2n) is 22.3. The summed E-state index contributed by atoms with van der Waals surface area (Å²) in [5.74, 6) is 0.543. The Hall–Kier alpha value is -7.10. The predicted octanol–water partition coefficient (Wildman–Crippen LogP) is 17.8. The average molecular weight is 1060 g/mol. The lowest BCUT2D eigenvalue weighted by atomic mass is 9.85. The molecule has 6 aromatic heterocycles. The third-order valence-corrected chi connectivity index (χ3v) is 13.3. The Labute approximate surface area is 453 Å². The van der Waals surface area contributed by atoms with E-state index < -0.39 is 0 Å². The van der Waals surface area contributed by atoms with Gasteiger partial charge in [-0.2, -0.15) is 0 Å². The van der Waals surface area contributed by atoms with Gasteiger partial charge in [-0.15, -0.1) is 0 Å². The number of rotatable bonds is 5. The third-order valence-electron chi connectivity index (χ3n) is 12.9. The van der Waals surface area contributed by atoms with E-state index in [1.54, 1.807) is 61.1 Å². The number of hydrogen-bond donors (Lipinski definition) is 1. The number of nitrogens with one attached hydrogen (secondary N) is 1. The van der Waals surface area contributed by atoms with E-state index in [1.807, 2.05) is 45.9 Å². The van der Waals surface area contributed by atoms with Gasteiger partial charge in [0.2, 0.25) is 11.6 Å². The van der Waals surface area contributed by atoms with Crippen molar-refractivity contribution in [1.29, 1.82) is 0 Å². The molecule has 6 heterocycles. The number of H-pyrrole nitrogens is 1. The molecule has 0 amide bonds. The van der Waals surface area contributed by atoms with Gasteiger partial charge in [-0.25, -0.2) is 9.97 Å². The molecule has 75 heavy (non-hydrogen) atoms. The summed E-state index contributed by atoms with van der Waals surface area (Å²) in [5.41, 5.74) is 12.4. The molecule has 388 valence electrons. The Morgan fingerprint density at radius 2 is 0.800 bits per heavy atom. The molecule has 0 aliphatic heterocycles. The highest BCUT2D eigenvalue weighted by Gasteiger charge is 2.22. The molecule has 9 heteroatoms. The van der Waals surface area contributed by atoms with E-state index in [0.717, 1.165) is 16.9 Å². The molecule has 4 aromatic carbocycles. The van der Waals surface area contributed by atoms with E-state index in [0.29, 0.717) is 27.1 Å². The lowest BCUT2D eigenvalue weighted by Crippen LogP contribution is -2.10. The van der Waals surface area contributed by atoms with Crippen LogP contribution in [0.15, 0.2) is 163 Å². The van der Waals surface area contributed by atoms with E-state index in [2.05, 4.69) is 196 Å². The van der Waals surface area contributed by atoms with Crippen LogP contribution < -0.4 is 0 Å². The van der Waals surface area contributed by atoms with E-state index >= 15 is 0 Å². The fourth-order valence-corrected chi connectivity index (χ4v) is 8.72. The molecule has 0 fully saturated rings. The Morgan fingerprint density at radius 3 is 1.13 bits per heavy atom. The summed E-state index contributed by atoms with van der Waals surface area (Å²) in [4.78, 5) is 45.1. The highest BCUT2D eigenvalue weighted by Crippen LogP contribution is 2.38. The number of pyridine rings is 4. The van der Waals surface area contributed by atoms with Crippen LogP contribution in [0.25, 0.3) is 49.4 Å². The Morgan fingerprint density at radius 1 is 0.427 bits per heavy atom. The summed E-state index contributed by atoms with van der Waals surface area (Å²) < 4.78 is 2.90. The first-order chi connectivity index (χ1) is 35.5. The zero-order valence-electron chi connectivity index (χ0n) is 46.9. The van der Waals surface area contributed by atoms with Crippen molar-refractivity contribution in [1.82, 2.24) is 29.5 Å². The molecular weight excluding hydrogens is 989 g/mol. The SMILES string of the molecule is CC.CC.CC(C)(C)c1ccc2[nH]c3ccc(C(C)(C)C)cc3c2c1.CC(C)(C)c1ccc2c(c1)c1cc(C(C)(C)C)ccc1n2-c1ccc(C(=O)c2ccccn2)cn1.O=C(c1ccc(Br)nc1)c1ccccn1. The number of fused-ring (bicyclic) bond motifs is 6. The van der Waals surface area contributed by atoms with Gasteiger partial charge in [-0.3, -0.25) is 24.1 Å². The summed E-state index contributed by atoms with van der Waals surface area (Å²) in [6.45, 7) is 35.1. The van der Waals surface area contributed by atoms with E-state index in [4.69, 9.17) is 4.98 Å². The maximum Gasteiger partial charge on any atom is 0.212 e. The molecule has 0 bridgehead atoms. The molecular formula is C66H75BrN6O2. The van der Waals surface area contributed by atoms with Crippen molar-refractivity contribution in [2.24, 2.45) is 0 Å². The Kier molecular flexibility index (Phi) is 18.0. The van der Waals surface area contributed by atoms with Crippen LogP contribution >= 0.6 is 15.9 Å². The molecule has 10 rings (SSSR count). The summed E-state index contributed by atoms with van der Waals surface area (Å²) in [6.07, 6.45) is 6.41. The van der Waals surface area contributed by atoms with Crippen LogP contribution in [-0.2, 0) is 21.7 Å². The number of carbonyl (C=O) groups excluding carboxylic acids is 2. The number of hydrogen-bond acceptors (Lipinski definition) is 6. The number of aromatic amines is 1. The quantitative estimate of drug-likeness (QED) is 0.136. The fourth-order valence-electron chi connectivity index (χ4n) is 8.49. The molecule has 10 aromatic rings. The van der Waals surface area contributed by atoms with Crippen LogP contribution in [0.5, 0.6) is 0 Å². The third kappa shape index (κ3) is 13.4. The predicted molar refractivity (Wildman–Crippen MR) is 319 cm³/mol. The van der Waals surface area contributed by atoms with Crippen molar-refractivity contribution >= 4 is 71.1 Å². The lowest BCUT2D eigenvalue weighted by Gasteiger charge is -2.19. The van der Waals surface area contributed by atoms with Crippen LogP contribution in [0.2, 0.25) is 0 Å². The fraction of sp³-hybridized carbons (Fsp3) is 0.303. The van der Waals surface area contributed by atoms with E-state index in [9.17, 15) is 9.59 Å². The van der Waals surface area contributed by atoms with Gasteiger partial charge in [0.05, 0.1) is 11.0 Å². The zero-order chi connectivity index (χ0) is 55.0. The number of benzene rings is 4. The molecule has 0 saturated heterocycles. The topological polar surface area (TPSA) is 106 Å². The first-order valence-electron chi connectivity index (χ1n) is 26.1. The molecule has 0 aliphatic carbocycles. The van der Waals surface area contributed by atoms with Crippen LogP contribution in [0.3, 0.4) is 0 Å². The standard InChI is InChI=1S/C31H31N3O.C20H25N.C11H7BrN2O.2C2H6/c1-30(2,3)21-11-13-26-23(17-21)24-18-22(31(4,5)6)12-14-27(24)34(26)28-15-10-20(19-33-28)29(35)25-9-7-8-16-32-25;1-19(2,3)13-7-9-17-15(11-13)16-12-14(20(4,5)6)8-10-18(16)21-17;12-10-5-4-8(7-14-10)11(15)9-3-1-2-6-13-9;2*1-2/h7-19H,1-6H3;7-12,21H,1-6H3;1-7H;2*1-2H3. The molecule has 0 radical (unpaired) electrons. The summed E-state index contributed by atoms with van der Waals surface area (Å²) in [7, 11) is 0. The van der Waals surface area contributed by atoms with Gasteiger partial charge < -0.3 is 4.98 Å². The highest BCUT2D eigenvalue weighted by molar-refractivity contribution is 9.10. The molecule has 0 atom stereocenters. The highest BCUT2D eigenvalue weighted by atomic mass is 79.9. The molecule has 0 unspecified atom stereocenters. The normalized spacial score (nSPS) is 11.6. The lowest BCUT2D eigenvalue weighted by molar-refractivity contribution is 0.102. The van der Waals surface area contributed by atoms with Crippen molar-refractivity contribution in [3.63, 3.8) is 0 Å². The van der Waals surface area contributed by atoms with Crippen molar-refractivity contribution in [2.75, 3.05) is 0 Å². The van der Waals surface area contributed by atoms with Crippen LogP contribution in [0, 0.1) is 0 Å². The molecule has 0 saturated carbocycles. The first-order valence-corrected chi connectivity index (χ1v) is 26.9. The number of nitrogens with zero attached hydrogens (tertiary/aromatic N) is 5. The summed E-state index contributed by atoms with van der Waals surface area (Å²) in [6, 6.07) is 44.8. The van der Waals surface area contributed by atoms with Crippen molar-refractivity contribution < 1.29 is 9.59 Å². The van der Waals surface area contributed by atoms with Crippen LogP contribution in [-0.4, -0.2) is 41.1 Å².